The number of benzene rings is 1. The lowest BCUT2D eigenvalue weighted by molar-refractivity contribution is 0.242. The highest BCUT2D eigenvalue weighted by atomic mass is 16.5. The summed E-state index contributed by atoms with van der Waals surface area (Å²) in [6.45, 7) is 8.78. The molecule has 1 rings (SSSR count). The van der Waals surface area contributed by atoms with Crippen molar-refractivity contribution in [2.75, 3.05) is 13.1 Å². The summed E-state index contributed by atoms with van der Waals surface area (Å²) in [4.78, 5) is 0. The molecule has 0 aliphatic rings. The molecule has 0 saturated heterocycles. The van der Waals surface area contributed by atoms with E-state index in [0.29, 0.717) is 5.92 Å². The van der Waals surface area contributed by atoms with Gasteiger partial charge in [-0.15, -0.1) is 0 Å². The normalized spacial score (nSPS) is 12.8. The Morgan fingerprint density at radius 1 is 1.18 bits per heavy atom. The van der Waals surface area contributed by atoms with Gasteiger partial charge in [0.1, 0.15) is 5.75 Å². The average Bonchev–Trinajstić information content (AvgIpc) is 2.30. The van der Waals surface area contributed by atoms with Crippen LogP contribution in [-0.4, -0.2) is 19.2 Å². The molecule has 0 fully saturated rings. The molecule has 0 aliphatic heterocycles. The van der Waals surface area contributed by atoms with Crippen LogP contribution >= 0.6 is 0 Å². The van der Waals surface area contributed by atoms with Crippen LogP contribution in [0, 0.1) is 5.92 Å². The first-order valence-corrected chi connectivity index (χ1v) is 6.28. The zero-order valence-corrected chi connectivity index (χ0v) is 11.1. The predicted molar refractivity (Wildman–Crippen MR) is 72.1 cm³/mol. The molecule has 0 aliphatic carbocycles. The summed E-state index contributed by atoms with van der Waals surface area (Å²) < 4.78 is 5.59. The Morgan fingerprint density at radius 3 is 2.35 bits per heavy atom. The third kappa shape index (κ3) is 5.71. The summed E-state index contributed by atoms with van der Waals surface area (Å²) in [6.07, 6.45) is 0.226. The highest BCUT2D eigenvalue weighted by Gasteiger charge is 2.00. The summed E-state index contributed by atoms with van der Waals surface area (Å²) in [5, 5.41) is 3.39. The Kier molecular flexibility index (Phi) is 6.01. The molecule has 1 aromatic carbocycles. The van der Waals surface area contributed by atoms with Gasteiger partial charge < -0.3 is 15.8 Å². The van der Waals surface area contributed by atoms with Gasteiger partial charge in [0, 0.05) is 6.54 Å². The Labute approximate surface area is 104 Å². The molecule has 0 aromatic heterocycles. The lowest BCUT2D eigenvalue weighted by Gasteiger charge is -2.12. The zero-order valence-electron chi connectivity index (χ0n) is 11.1. The van der Waals surface area contributed by atoms with Crippen molar-refractivity contribution in [3.05, 3.63) is 29.8 Å². The van der Waals surface area contributed by atoms with Gasteiger partial charge >= 0.3 is 0 Å². The number of nitrogens with two attached hydrogens (primary N) is 1. The fourth-order valence-electron chi connectivity index (χ4n) is 1.50. The van der Waals surface area contributed by atoms with Crippen LogP contribution in [-0.2, 0) is 6.54 Å². The summed E-state index contributed by atoms with van der Waals surface area (Å²) in [5.74, 6) is 1.46. The highest BCUT2D eigenvalue weighted by Crippen LogP contribution is 2.13. The number of ether oxygens (including phenoxy) is 1. The molecule has 0 amide bonds. The monoisotopic (exact) mass is 236 g/mol. The molecule has 96 valence electrons. The van der Waals surface area contributed by atoms with Crippen molar-refractivity contribution in [2.24, 2.45) is 11.7 Å². The number of rotatable bonds is 7. The molecule has 3 N–H and O–H groups in total. The summed E-state index contributed by atoms with van der Waals surface area (Å²) in [6, 6.07) is 8.22. The minimum absolute atomic E-state index is 0.226. The van der Waals surface area contributed by atoms with Gasteiger partial charge in [-0.3, -0.25) is 0 Å². The number of hydrogen-bond acceptors (Lipinski definition) is 3. The zero-order chi connectivity index (χ0) is 12.7. The maximum Gasteiger partial charge on any atom is 0.119 e. The van der Waals surface area contributed by atoms with E-state index in [9.17, 15) is 0 Å². The van der Waals surface area contributed by atoms with E-state index in [1.165, 1.54) is 5.56 Å². The summed E-state index contributed by atoms with van der Waals surface area (Å²) in [5.41, 5.74) is 6.83. The van der Waals surface area contributed by atoms with Crippen LogP contribution in [0.5, 0.6) is 5.75 Å². The van der Waals surface area contributed by atoms with Crippen molar-refractivity contribution in [3.8, 4) is 5.75 Å². The summed E-state index contributed by atoms with van der Waals surface area (Å²) in [7, 11) is 0. The highest BCUT2D eigenvalue weighted by molar-refractivity contribution is 5.27. The molecule has 0 saturated carbocycles. The molecule has 3 heteroatoms. The molecule has 0 radical (unpaired) electrons. The molecule has 17 heavy (non-hydrogen) atoms. The Hall–Kier alpha value is -1.06. The van der Waals surface area contributed by atoms with Crippen molar-refractivity contribution in [2.45, 2.75) is 33.4 Å². The van der Waals surface area contributed by atoms with Crippen molar-refractivity contribution < 1.29 is 4.74 Å². The molecule has 0 heterocycles. The van der Waals surface area contributed by atoms with Gasteiger partial charge in [-0.1, -0.05) is 19.1 Å². The van der Waals surface area contributed by atoms with E-state index in [4.69, 9.17) is 10.5 Å². The van der Waals surface area contributed by atoms with E-state index in [2.05, 4.69) is 24.4 Å². The van der Waals surface area contributed by atoms with Crippen LogP contribution in [0.3, 0.4) is 0 Å². The van der Waals surface area contributed by atoms with Gasteiger partial charge in [0.25, 0.3) is 0 Å². The second-order valence-corrected chi connectivity index (χ2v) is 4.78. The van der Waals surface area contributed by atoms with E-state index < -0.39 is 0 Å². The van der Waals surface area contributed by atoms with Crippen LogP contribution in [0.1, 0.15) is 26.3 Å². The lowest BCUT2D eigenvalue weighted by atomic mass is 10.1. The molecule has 0 spiro atoms. The van der Waals surface area contributed by atoms with Gasteiger partial charge in [-0.05, 0) is 50.6 Å². The quantitative estimate of drug-likeness (QED) is 0.762. The Bertz CT molecular complexity index is 309. The van der Waals surface area contributed by atoms with E-state index in [0.717, 1.165) is 25.4 Å². The maximum atomic E-state index is 5.59. The predicted octanol–water partition coefficient (Wildman–Crippen LogP) is 2.16. The number of nitrogens with one attached hydrogen (secondary N) is 1. The van der Waals surface area contributed by atoms with Crippen molar-refractivity contribution >= 4 is 0 Å². The van der Waals surface area contributed by atoms with Gasteiger partial charge in [0.15, 0.2) is 0 Å². The third-order valence-electron chi connectivity index (χ3n) is 2.52. The molecule has 1 atom stereocenters. The molecular weight excluding hydrogens is 212 g/mol. The van der Waals surface area contributed by atoms with Gasteiger partial charge in [0.05, 0.1) is 6.10 Å². The molecule has 1 aromatic rings. The van der Waals surface area contributed by atoms with Crippen molar-refractivity contribution in [1.82, 2.24) is 5.32 Å². The van der Waals surface area contributed by atoms with Crippen LogP contribution in [0.15, 0.2) is 24.3 Å². The first kappa shape index (κ1) is 14.0. The van der Waals surface area contributed by atoms with Gasteiger partial charge in [0.2, 0.25) is 0 Å². The van der Waals surface area contributed by atoms with Gasteiger partial charge in [-0.25, -0.2) is 0 Å². The van der Waals surface area contributed by atoms with E-state index in [1.807, 2.05) is 26.0 Å². The van der Waals surface area contributed by atoms with Crippen molar-refractivity contribution in [1.29, 1.82) is 0 Å². The van der Waals surface area contributed by atoms with Crippen LogP contribution in [0.4, 0.5) is 0 Å². The first-order valence-electron chi connectivity index (χ1n) is 6.28. The fourth-order valence-corrected chi connectivity index (χ4v) is 1.50. The Morgan fingerprint density at radius 2 is 1.82 bits per heavy atom. The van der Waals surface area contributed by atoms with E-state index >= 15 is 0 Å². The fraction of sp³-hybridized carbons (Fsp3) is 0.571. The number of hydrogen-bond donors (Lipinski definition) is 2. The lowest BCUT2D eigenvalue weighted by Crippen LogP contribution is -2.25. The van der Waals surface area contributed by atoms with Crippen LogP contribution < -0.4 is 15.8 Å². The molecular formula is C14H24N2O. The molecule has 1 unspecified atom stereocenters. The van der Waals surface area contributed by atoms with Gasteiger partial charge in [-0.2, -0.15) is 0 Å². The second-order valence-electron chi connectivity index (χ2n) is 4.78. The largest absolute Gasteiger partial charge is 0.491 e. The Balaban J connectivity index is 2.35. The topological polar surface area (TPSA) is 47.3 Å². The maximum absolute atomic E-state index is 5.59. The standard InChI is InChI=1S/C14H24N2O/c1-11(2)17-14-6-4-13(5-7-14)10-16-9-12(3)8-15/h4-7,11-12,16H,8-10,15H2,1-3H3. The van der Waals surface area contributed by atoms with Crippen LogP contribution in [0.2, 0.25) is 0 Å². The van der Waals surface area contributed by atoms with E-state index in [-0.39, 0.29) is 6.10 Å². The van der Waals surface area contributed by atoms with E-state index in [1.54, 1.807) is 0 Å². The minimum atomic E-state index is 0.226. The first-order chi connectivity index (χ1) is 8.11. The minimum Gasteiger partial charge on any atom is -0.491 e. The SMILES string of the molecule is CC(CN)CNCc1ccc(OC(C)C)cc1. The molecule has 0 bridgehead atoms. The second kappa shape index (κ2) is 7.30. The van der Waals surface area contributed by atoms with Crippen LogP contribution in [0.25, 0.3) is 0 Å². The summed E-state index contributed by atoms with van der Waals surface area (Å²) >= 11 is 0. The smallest absolute Gasteiger partial charge is 0.119 e. The van der Waals surface area contributed by atoms with Crippen molar-refractivity contribution in [3.63, 3.8) is 0 Å². The average molecular weight is 236 g/mol. The molecule has 3 nitrogen and oxygen atoms in total. The third-order valence-corrected chi connectivity index (χ3v) is 2.52.